The van der Waals surface area contributed by atoms with Crippen LogP contribution in [-0.2, 0) is 14.3 Å². The van der Waals surface area contributed by atoms with Crippen LogP contribution in [0.5, 0.6) is 11.5 Å². The summed E-state index contributed by atoms with van der Waals surface area (Å²) in [6.45, 7) is -0.218. The molecular weight excluding hydrogens is 326 g/mol. The van der Waals surface area contributed by atoms with Gasteiger partial charge in [0.1, 0.15) is 18.1 Å². The fourth-order valence-electron chi connectivity index (χ4n) is 2.22. The number of imide groups is 1. The molecule has 0 unspecified atom stereocenters. The van der Waals surface area contributed by atoms with Gasteiger partial charge in [-0.25, -0.2) is 14.5 Å². The van der Waals surface area contributed by atoms with Crippen LogP contribution in [0.15, 0.2) is 54.6 Å². The van der Waals surface area contributed by atoms with E-state index >= 15 is 0 Å². The molecule has 0 spiro atoms. The molecule has 0 bridgehead atoms. The Kier molecular flexibility index (Phi) is 4.94. The fraction of sp³-hybridized carbons (Fsp3) is 0.167. The van der Waals surface area contributed by atoms with Crippen LogP contribution < -0.4 is 4.74 Å². The molecule has 1 fully saturated rings. The van der Waals surface area contributed by atoms with E-state index in [9.17, 15) is 14.4 Å². The van der Waals surface area contributed by atoms with E-state index < -0.39 is 24.6 Å². The molecule has 1 heterocycles. The highest BCUT2D eigenvalue weighted by molar-refractivity contribution is 5.96. The molecule has 128 valence electrons. The smallest absolute Gasteiger partial charge is 0.416 e. The van der Waals surface area contributed by atoms with E-state index in [0.717, 1.165) is 4.90 Å². The zero-order valence-electron chi connectivity index (χ0n) is 13.2. The molecule has 7 heteroatoms. The van der Waals surface area contributed by atoms with Gasteiger partial charge in [0.15, 0.2) is 6.61 Å². The molecular formula is C18H15NO6. The maximum atomic E-state index is 12.1. The highest BCUT2D eigenvalue weighted by Crippen LogP contribution is 2.22. The van der Waals surface area contributed by atoms with Gasteiger partial charge in [0.2, 0.25) is 0 Å². The van der Waals surface area contributed by atoms with Crippen molar-refractivity contribution in [3.05, 3.63) is 60.2 Å². The number of esters is 1. The van der Waals surface area contributed by atoms with Gasteiger partial charge < -0.3 is 14.2 Å². The fourth-order valence-corrected chi connectivity index (χ4v) is 2.22. The van der Waals surface area contributed by atoms with Crippen LogP contribution >= 0.6 is 0 Å². The van der Waals surface area contributed by atoms with E-state index in [-0.39, 0.29) is 18.7 Å². The molecule has 0 atom stereocenters. The monoisotopic (exact) mass is 341 g/mol. The first kappa shape index (κ1) is 16.5. The second-order valence-corrected chi connectivity index (χ2v) is 5.18. The number of benzene rings is 2. The molecule has 2 aromatic carbocycles. The van der Waals surface area contributed by atoms with Crippen LogP contribution in [0.2, 0.25) is 0 Å². The summed E-state index contributed by atoms with van der Waals surface area (Å²) in [6.07, 6.45) is -0.723. The maximum Gasteiger partial charge on any atom is 0.416 e. The van der Waals surface area contributed by atoms with E-state index in [1.54, 1.807) is 30.3 Å². The van der Waals surface area contributed by atoms with Crippen molar-refractivity contribution in [3.8, 4) is 11.5 Å². The van der Waals surface area contributed by atoms with Crippen molar-refractivity contribution in [1.29, 1.82) is 0 Å². The maximum absolute atomic E-state index is 12.1. The quantitative estimate of drug-likeness (QED) is 0.778. The summed E-state index contributed by atoms with van der Waals surface area (Å²) in [4.78, 5) is 36.1. The summed E-state index contributed by atoms with van der Waals surface area (Å²) in [5.74, 6) is -0.196. The SMILES string of the molecule is O=C(OCC(=O)N1CCOC1=O)c1cccc(Oc2ccccc2)c1. The first-order chi connectivity index (χ1) is 12.1. The Morgan fingerprint density at radius 1 is 1.04 bits per heavy atom. The number of hydrogen-bond donors (Lipinski definition) is 0. The van der Waals surface area contributed by atoms with Gasteiger partial charge in [0, 0.05) is 0 Å². The predicted octanol–water partition coefficient (Wildman–Crippen LogP) is 2.61. The second kappa shape index (κ2) is 7.48. The van der Waals surface area contributed by atoms with Crippen LogP contribution in [-0.4, -0.2) is 42.6 Å². The first-order valence-corrected chi connectivity index (χ1v) is 7.61. The van der Waals surface area contributed by atoms with Gasteiger partial charge in [0.05, 0.1) is 12.1 Å². The number of hydrogen-bond acceptors (Lipinski definition) is 6. The number of para-hydroxylation sites is 1. The summed E-state index contributed by atoms with van der Waals surface area (Å²) in [7, 11) is 0. The Hall–Kier alpha value is -3.35. The minimum atomic E-state index is -0.723. The summed E-state index contributed by atoms with van der Waals surface area (Å²) in [5, 5.41) is 0. The lowest BCUT2D eigenvalue weighted by molar-refractivity contribution is -0.131. The topological polar surface area (TPSA) is 82.1 Å². The highest BCUT2D eigenvalue weighted by atomic mass is 16.6. The molecule has 0 radical (unpaired) electrons. The minimum absolute atomic E-state index is 0.150. The first-order valence-electron chi connectivity index (χ1n) is 7.61. The van der Waals surface area contributed by atoms with Crippen molar-refractivity contribution in [1.82, 2.24) is 4.90 Å². The second-order valence-electron chi connectivity index (χ2n) is 5.18. The molecule has 0 aliphatic carbocycles. The number of carbonyl (C=O) groups excluding carboxylic acids is 3. The van der Waals surface area contributed by atoms with Gasteiger partial charge in [0.25, 0.3) is 5.91 Å². The Bertz CT molecular complexity index is 789. The number of cyclic esters (lactones) is 1. The van der Waals surface area contributed by atoms with Gasteiger partial charge in [-0.15, -0.1) is 0 Å². The molecule has 1 aliphatic rings. The average Bonchev–Trinajstić information content (AvgIpc) is 3.06. The standard InChI is InChI=1S/C18H15NO6/c20-16(19-9-10-23-18(19)22)12-24-17(21)13-5-4-8-15(11-13)25-14-6-2-1-3-7-14/h1-8,11H,9-10,12H2. The van der Waals surface area contributed by atoms with E-state index in [0.29, 0.717) is 11.5 Å². The van der Waals surface area contributed by atoms with Crippen molar-refractivity contribution >= 4 is 18.0 Å². The van der Waals surface area contributed by atoms with Crippen molar-refractivity contribution in [2.45, 2.75) is 0 Å². The minimum Gasteiger partial charge on any atom is -0.457 e. The summed E-state index contributed by atoms with van der Waals surface area (Å²) in [5.41, 5.74) is 0.241. The normalized spacial score (nSPS) is 13.3. The van der Waals surface area contributed by atoms with Gasteiger partial charge >= 0.3 is 12.1 Å². The Balaban J connectivity index is 1.59. The molecule has 7 nitrogen and oxygen atoms in total. The lowest BCUT2D eigenvalue weighted by Gasteiger charge is -2.11. The van der Waals surface area contributed by atoms with Crippen LogP contribution in [0.4, 0.5) is 4.79 Å². The Morgan fingerprint density at radius 3 is 2.52 bits per heavy atom. The molecule has 1 saturated heterocycles. The number of nitrogens with zero attached hydrogens (tertiary/aromatic N) is 1. The molecule has 0 aromatic heterocycles. The number of rotatable bonds is 5. The summed E-state index contributed by atoms with van der Waals surface area (Å²) in [6, 6.07) is 15.5. The average molecular weight is 341 g/mol. The summed E-state index contributed by atoms with van der Waals surface area (Å²) >= 11 is 0. The third-order valence-electron chi connectivity index (χ3n) is 3.44. The van der Waals surface area contributed by atoms with Crippen molar-refractivity contribution in [2.24, 2.45) is 0 Å². The molecule has 3 rings (SSSR count). The zero-order chi connectivity index (χ0) is 17.6. The van der Waals surface area contributed by atoms with E-state index in [1.165, 1.54) is 6.07 Å². The summed E-state index contributed by atoms with van der Waals surface area (Å²) < 4.78 is 15.3. The van der Waals surface area contributed by atoms with Gasteiger partial charge in [-0.05, 0) is 30.3 Å². The lowest BCUT2D eigenvalue weighted by atomic mass is 10.2. The zero-order valence-corrected chi connectivity index (χ0v) is 13.2. The van der Waals surface area contributed by atoms with E-state index in [1.807, 2.05) is 18.2 Å². The third kappa shape index (κ3) is 4.14. The van der Waals surface area contributed by atoms with Crippen molar-refractivity contribution < 1.29 is 28.6 Å². The molecule has 0 saturated carbocycles. The largest absolute Gasteiger partial charge is 0.457 e. The molecule has 0 N–H and O–H groups in total. The van der Waals surface area contributed by atoms with Crippen molar-refractivity contribution in [2.75, 3.05) is 19.8 Å². The van der Waals surface area contributed by atoms with E-state index in [2.05, 4.69) is 4.74 Å². The Morgan fingerprint density at radius 2 is 1.80 bits per heavy atom. The Labute approximate surface area is 143 Å². The number of amides is 2. The molecule has 2 amide bonds. The lowest BCUT2D eigenvalue weighted by Crippen LogP contribution is -2.35. The van der Waals surface area contributed by atoms with Gasteiger partial charge in [-0.2, -0.15) is 0 Å². The third-order valence-corrected chi connectivity index (χ3v) is 3.44. The van der Waals surface area contributed by atoms with Crippen LogP contribution in [0.25, 0.3) is 0 Å². The number of carbonyl (C=O) groups is 3. The van der Waals surface area contributed by atoms with Gasteiger partial charge in [-0.1, -0.05) is 24.3 Å². The number of ether oxygens (including phenoxy) is 3. The predicted molar refractivity (Wildman–Crippen MR) is 86.3 cm³/mol. The van der Waals surface area contributed by atoms with Crippen molar-refractivity contribution in [3.63, 3.8) is 0 Å². The highest BCUT2D eigenvalue weighted by Gasteiger charge is 2.29. The van der Waals surface area contributed by atoms with Crippen LogP contribution in [0.3, 0.4) is 0 Å². The molecule has 1 aliphatic heterocycles. The van der Waals surface area contributed by atoms with Gasteiger partial charge in [-0.3, -0.25) is 4.79 Å². The van der Waals surface area contributed by atoms with E-state index in [4.69, 9.17) is 9.47 Å². The molecule has 2 aromatic rings. The molecule has 25 heavy (non-hydrogen) atoms. The van der Waals surface area contributed by atoms with Crippen LogP contribution in [0.1, 0.15) is 10.4 Å². The van der Waals surface area contributed by atoms with Crippen LogP contribution in [0, 0.1) is 0 Å².